The van der Waals surface area contributed by atoms with Crippen LogP contribution in [0.15, 0.2) is 94.8 Å². The number of para-hydroxylation sites is 1. The molecule has 0 atom stereocenters. The standard InChI is InChI=1S/C23H17ClN2OS/c24-19-13-11-17(12-14-19)15-21-22(27)26(16-18-7-3-1-4-8-18)23(28-21)25-20-9-5-2-6-10-20/h1-15H,16H2/b21-15-,25-23?. The maximum Gasteiger partial charge on any atom is 0.267 e. The van der Waals surface area contributed by atoms with Gasteiger partial charge in [-0.3, -0.25) is 9.69 Å². The van der Waals surface area contributed by atoms with Crippen molar-refractivity contribution in [3.63, 3.8) is 0 Å². The minimum absolute atomic E-state index is 0.0431. The number of hydrogen-bond acceptors (Lipinski definition) is 3. The second kappa shape index (κ2) is 8.46. The second-order valence-electron chi connectivity index (χ2n) is 6.27. The molecule has 3 aromatic rings. The molecule has 0 unspecified atom stereocenters. The topological polar surface area (TPSA) is 32.7 Å². The Kier molecular flexibility index (Phi) is 5.60. The first-order valence-corrected chi connectivity index (χ1v) is 10.0. The van der Waals surface area contributed by atoms with E-state index < -0.39 is 0 Å². The Morgan fingerprint density at radius 3 is 2.21 bits per heavy atom. The van der Waals surface area contributed by atoms with Gasteiger partial charge in [-0.15, -0.1) is 0 Å². The lowest BCUT2D eigenvalue weighted by molar-refractivity contribution is -0.122. The van der Waals surface area contributed by atoms with Gasteiger partial charge < -0.3 is 0 Å². The van der Waals surface area contributed by atoms with Crippen molar-refractivity contribution < 1.29 is 4.79 Å². The number of carbonyl (C=O) groups is 1. The van der Waals surface area contributed by atoms with Crippen molar-refractivity contribution in [2.45, 2.75) is 6.54 Å². The van der Waals surface area contributed by atoms with Gasteiger partial charge in [-0.2, -0.15) is 0 Å². The molecular weight excluding hydrogens is 388 g/mol. The lowest BCUT2D eigenvalue weighted by Crippen LogP contribution is -2.28. The summed E-state index contributed by atoms with van der Waals surface area (Å²) in [6, 6.07) is 27.1. The van der Waals surface area contributed by atoms with Gasteiger partial charge in [0.25, 0.3) is 5.91 Å². The number of hydrogen-bond donors (Lipinski definition) is 0. The van der Waals surface area contributed by atoms with Crippen LogP contribution >= 0.6 is 23.4 Å². The van der Waals surface area contributed by atoms with Crippen molar-refractivity contribution in [3.8, 4) is 0 Å². The van der Waals surface area contributed by atoms with Crippen LogP contribution in [0.2, 0.25) is 5.02 Å². The molecule has 1 amide bonds. The van der Waals surface area contributed by atoms with E-state index in [9.17, 15) is 4.79 Å². The summed E-state index contributed by atoms with van der Waals surface area (Å²) < 4.78 is 0. The van der Waals surface area contributed by atoms with Gasteiger partial charge in [-0.1, -0.05) is 72.3 Å². The third-order valence-electron chi connectivity index (χ3n) is 4.22. The highest BCUT2D eigenvalue weighted by Crippen LogP contribution is 2.35. The summed E-state index contributed by atoms with van der Waals surface area (Å²) >= 11 is 7.36. The van der Waals surface area contributed by atoms with Crippen LogP contribution in [0.3, 0.4) is 0 Å². The number of nitrogens with zero attached hydrogens (tertiary/aromatic N) is 2. The first-order chi connectivity index (χ1) is 13.7. The highest BCUT2D eigenvalue weighted by atomic mass is 35.5. The van der Waals surface area contributed by atoms with Crippen molar-refractivity contribution in [2.75, 3.05) is 0 Å². The summed E-state index contributed by atoms with van der Waals surface area (Å²) in [6.07, 6.45) is 1.88. The van der Waals surface area contributed by atoms with Gasteiger partial charge in [-0.25, -0.2) is 4.99 Å². The highest BCUT2D eigenvalue weighted by molar-refractivity contribution is 8.18. The van der Waals surface area contributed by atoms with Gasteiger partial charge in [0.05, 0.1) is 17.1 Å². The number of amidine groups is 1. The van der Waals surface area contributed by atoms with Gasteiger partial charge in [-0.05, 0) is 53.2 Å². The first kappa shape index (κ1) is 18.5. The van der Waals surface area contributed by atoms with Crippen LogP contribution in [0.25, 0.3) is 6.08 Å². The van der Waals surface area contributed by atoms with Crippen LogP contribution in [-0.2, 0) is 11.3 Å². The lowest BCUT2D eigenvalue weighted by Gasteiger charge is -2.15. The fourth-order valence-corrected chi connectivity index (χ4v) is 3.94. The minimum atomic E-state index is -0.0431. The van der Waals surface area contributed by atoms with Crippen LogP contribution in [0, 0.1) is 0 Å². The largest absolute Gasteiger partial charge is 0.282 e. The van der Waals surface area contributed by atoms with Crippen LogP contribution in [0.4, 0.5) is 5.69 Å². The molecule has 1 fully saturated rings. The summed E-state index contributed by atoms with van der Waals surface area (Å²) in [4.78, 5) is 20.2. The maximum absolute atomic E-state index is 13.1. The lowest BCUT2D eigenvalue weighted by atomic mass is 10.2. The number of benzene rings is 3. The number of amides is 1. The number of thioether (sulfide) groups is 1. The average molecular weight is 405 g/mol. The van der Waals surface area contributed by atoms with Gasteiger partial charge in [0.15, 0.2) is 5.17 Å². The zero-order chi connectivity index (χ0) is 19.3. The third kappa shape index (κ3) is 4.35. The number of halogens is 1. The number of rotatable bonds is 4. The molecule has 1 saturated heterocycles. The molecule has 1 aliphatic rings. The summed E-state index contributed by atoms with van der Waals surface area (Å²) in [6.45, 7) is 0.482. The summed E-state index contributed by atoms with van der Waals surface area (Å²) in [5.74, 6) is -0.0431. The first-order valence-electron chi connectivity index (χ1n) is 8.84. The van der Waals surface area contributed by atoms with E-state index in [2.05, 4.69) is 0 Å². The SMILES string of the molecule is O=C1/C(=C/c2ccc(Cl)cc2)SC(=Nc2ccccc2)N1Cc1ccccc1. The van der Waals surface area contributed by atoms with Gasteiger partial charge in [0.2, 0.25) is 0 Å². The van der Waals surface area contributed by atoms with Crippen molar-refractivity contribution in [1.29, 1.82) is 0 Å². The third-order valence-corrected chi connectivity index (χ3v) is 5.48. The zero-order valence-corrected chi connectivity index (χ0v) is 16.5. The van der Waals surface area contributed by atoms with Crippen molar-refractivity contribution in [3.05, 3.63) is 106 Å². The molecule has 0 spiro atoms. The summed E-state index contributed by atoms with van der Waals surface area (Å²) in [7, 11) is 0. The molecule has 4 rings (SSSR count). The number of aliphatic imine (C=N–C) groups is 1. The van der Waals surface area contributed by atoms with Crippen molar-refractivity contribution in [2.24, 2.45) is 4.99 Å². The maximum atomic E-state index is 13.1. The average Bonchev–Trinajstić information content (AvgIpc) is 3.00. The smallest absolute Gasteiger partial charge is 0.267 e. The molecule has 0 aliphatic carbocycles. The predicted octanol–water partition coefficient (Wildman–Crippen LogP) is 6.14. The van der Waals surface area contributed by atoms with E-state index in [1.807, 2.05) is 91.0 Å². The van der Waals surface area contributed by atoms with Crippen LogP contribution in [0.1, 0.15) is 11.1 Å². The van der Waals surface area contributed by atoms with E-state index in [0.717, 1.165) is 16.8 Å². The fourth-order valence-electron chi connectivity index (χ4n) is 2.82. The Bertz CT molecular complexity index is 1030. The molecular formula is C23H17ClN2OS. The molecule has 138 valence electrons. The Morgan fingerprint density at radius 2 is 1.54 bits per heavy atom. The summed E-state index contributed by atoms with van der Waals surface area (Å²) in [5, 5.41) is 1.35. The summed E-state index contributed by atoms with van der Waals surface area (Å²) in [5.41, 5.74) is 2.81. The molecule has 0 radical (unpaired) electrons. The van der Waals surface area contributed by atoms with Crippen LogP contribution in [0.5, 0.6) is 0 Å². The van der Waals surface area contributed by atoms with Crippen molar-refractivity contribution in [1.82, 2.24) is 4.90 Å². The fraction of sp³-hybridized carbons (Fsp3) is 0.0435. The van der Waals surface area contributed by atoms with E-state index in [1.54, 1.807) is 4.90 Å². The molecule has 28 heavy (non-hydrogen) atoms. The van der Waals surface area contributed by atoms with Crippen molar-refractivity contribution >= 4 is 46.2 Å². The van der Waals surface area contributed by atoms with E-state index in [0.29, 0.717) is 21.6 Å². The van der Waals surface area contributed by atoms with E-state index >= 15 is 0 Å². The molecule has 3 aromatic carbocycles. The quantitative estimate of drug-likeness (QED) is 0.489. The Labute approximate surface area is 173 Å². The van der Waals surface area contributed by atoms with Gasteiger partial charge in [0, 0.05) is 5.02 Å². The predicted molar refractivity (Wildman–Crippen MR) is 118 cm³/mol. The highest BCUT2D eigenvalue weighted by Gasteiger charge is 2.33. The van der Waals surface area contributed by atoms with Gasteiger partial charge in [0.1, 0.15) is 0 Å². The van der Waals surface area contributed by atoms with Crippen LogP contribution < -0.4 is 0 Å². The normalized spacial score (nSPS) is 16.9. The Morgan fingerprint density at radius 1 is 0.893 bits per heavy atom. The molecule has 0 saturated carbocycles. The van der Waals surface area contributed by atoms with Gasteiger partial charge >= 0.3 is 0 Å². The molecule has 0 N–H and O–H groups in total. The Balaban J connectivity index is 1.69. The van der Waals surface area contributed by atoms with E-state index in [4.69, 9.17) is 16.6 Å². The molecule has 0 bridgehead atoms. The van der Waals surface area contributed by atoms with E-state index in [1.165, 1.54) is 11.8 Å². The van der Waals surface area contributed by atoms with E-state index in [-0.39, 0.29) is 5.91 Å². The molecule has 0 aromatic heterocycles. The molecule has 5 heteroatoms. The monoisotopic (exact) mass is 404 g/mol. The molecule has 3 nitrogen and oxygen atoms in total. The van der Waals surface area contributed by atoms with Crippen LogP contribution in [-0.4, -0.2) is 16.0 Å². The molecule has 1 heterocycles. The number of carbonyl (C=O) groups excluding carboxylic acids is 1. The minimum Gasteiger partial charge on any atom is -0.282 e. The second-order valence-corrected chi connectivity index (χ2v) is 7.71. The zero-order valence-electron chi connectivity index (χ0n) is 15.0. The molecule has 1 aliphatic heterocycles. The Hall–Kier alpha value is -2.82.